The summed E-state index contributed by atoms with van der Waals surface area (Å²) in [6.07, 6.45) is -13.7. The second kappa shape index (κ2) is 7.19. The summed E-state index contributed by atoms with van der Waals surface area (Å²) in [7, 11) is 0. The zero-order valence-electron chi connectivity index (χ0n) is 15.0. The largest absolute Gasteiger partial charge is 0.417 e. The van der Waals surface area contributed by atoms with E-state index in [9.17, 15) is 40.6 Å². The van der Waals surface area contributed by atoms with Crippen molar-refractivity contribution in [3.8, 4) is 0 Å². The molecule has 4 atom stereocenters. The Labute approximate surface area is 159 Å². The van der Waals surface area contributed by atoms with Crippen molar-refractivity contribution in [3.63, 3.8) is 0 Å². The van der Waals surface area contributed by atoms with Crippen LogP contribution in [0.2, 0.25) is 0 Å². The molecule has 160 valence electrons. The molecule has 2 heterocycles. The van der Waals surface area contributed by atoms with E-state index >= 15 is 0 Å². The third-order valence-electron chi connectivity index (χ3n) is 5.07. The van der Waals surface area contributed by atoms with Crippen molar-refractivity contribution in [2.75, 3.05) is 11.4 Å². The fourth-order valence-electron chi connectivity index (χ4n) is 3.92. The highest BCUT2D eigenvalue weighted by Crippen LogP contribution is 2.42. The lowest BCUT2D eigenvalue weighted by atomic mass is 9.91. The highest BCUT2D eigenvalue weighted by Gasteiger charge is 2.52. The second-order valence-corrected chi connectivity index (χ2v) is 7.14. The molecule has 1 fully saturated rings. The average molecular weight is 426 g/mol. The minimum Gasteiger partial charge on any atom is -0.393 e. The normalized spacial score (nSPS) is 22.9. The van der Waals surface area contributed by atoms with Gasteiger partial charge in [0, 0.05) is 41.7 Å². The maximum Gasteiger partial charge on any atom is 0.417 e. The first-order valence-electron chi connectivity index (χ1n) is 8.69. The molecule has 0 saturated carbocycles. The standard InChI is InChI=1S/C18H17F7N2O2/c1-8(28)16(18(23,24)25)14-4-9(19)7-27(14)10-2-3-13-11(5-10)12(17(20,21)22)6-15(29)26-13/h2-3,5-6,8-9,14,16,28H,4,7H2,1H3,(H,26,29)/t8?,9-,14+,16-/m0/s1. The highest BCUT2D eigenvalue weighted by atomic mass is 19.4. The zero-order valence-corrected chi connectivity index (χ0v) is 15.0. The van der Waals surface area contributed by atoms with Gasteiger partial charge in [0.1, 0.15) is 12.1 Å². The number of nitrogens with one attached hydrogen (secondary N) is 1. The van der Waals surface area contributed by atoms with Gasteiger partial charge in [-0.2, -0.15) is 26.3 Å². The number of aromatic amines is 1. The number of hydrogen-bond acceptors (Lipinski definition) is 3. The van der Waals surface area contributed by atoms with Crippen molar-refractivity contribution in [1.82, 2.24) is 4.98 Å². The molecule has 1 aliphatic rings. The number of H-pyrrole nitrogens is 1. The van der Waals surface area contributed by atoms with Gasteiger partial charge in [-0.1, -0.05) is 0 Å². The van der Waals surface area contributed by atoms with Gasteiger partial charge in [0.15, 0.2) is 0 Å². The van der Waals surface area contributed by atoms with Crippen LogP contribution in [0.15, 0.2) is 29.1 Å². The van der Waals surface area contributed by atoms with Crippen molar-refractivity contribution >= 4 is 16.6 Å². The van der Waals surface area contributed by atoms with Crippen LogP contribution in [0.1, 0.15) is 18.9 Å². The first kappa shape index (κ1) is 21.4. The second-order valence-electron chi connectivity index (χ2n) is 7.14. The van der Waals surface area contributed by atoms with Gasteiger partial charge < -0.3 is 15.0 Å². The lowest BCUT2D eigenvalue weighted by molar-refractivity contribution is -0.203. The van der Waals surface area contributed by atoms with E-state index in [0.29, 0.717) is 6.07 Å². The van der Waals surface area contributed by atoms with E-state index in [4.69, 9.17) is 0 Å². The first-order valence-corrected chi connectivity index (χ1v) is 8.69. The number of pyridine rings is 1. The number of aliphatic hydroxyl groups excluding tert-OH is 1. The topological polar surface area (TPSA) is 56.3 Å². The Hall–Kier alpha value is -2.30. The molecule has 2 aromatic rings. The Balaban J connectivity index is 2.13. The zero-order chi connectivity index (χ0) is 21.7. The van der Waals surface area contributed by atoms with Gasteiger partial charge in [-0.05, 0) is 25.1 Å². The number of benzene rings is 1. The van der Waals surface area contributed by atoms with E-state index in [1.54, 1.807) is 0 Å². The molecule has 1 aliphatic heterocycles. The molecule has 0 amide bonds. The molecule has 0 spiro atoms. The molecule has 1 aromatic carbocycles. The van der Waals surface area contributed by atoms with Crippen LogP contribution in [0.5, 0.6) is 0 Å². The molecule has 1 unspecified atom stereocenters. The summed E-state index contributed by atoms with van der Waals surface area (Å²) in [6.45, 7) is 0.481. The maximum absolute atomic E-state index is 14.0. The lowest BCUT2D eigenvalue weighted by Crippen LogP contribution is -2.48. The number of fused-ring (bicyclic) bond motifs is 1. The van der Waals surface area contributed by atoms with E-state index in [2.05, 4.69) is 4.98 Å². The Bertz CT molecular complexity index is 952. The van der Waals surface area contributed by atoms with E-state index in [1.165, 1.54) is 6.07 Å². The predicted octanol–water partition coefficient (Wildman–Crippen LogP) is 4.02. The van der Waals surface area contributed by atoms with Crippen molar-refractivity contribution in [2.45, 2.75) is 44.0 Å². The number of hydrogen-bond donors (Lipinski definition) is 2. The van der Waals surface area contributed by atoms with Crippen molar-refractivity contribution in [1.29, 1.82) is 0 Å². The van der Waals surface area contributed by atoms with Gasteiger partial charge in [0.05, 0.1) is 11.7 Å². The number of aliphatic hydroxyl groups is 1. The molecule has 11 heteroatoms. The minimum atomic E-state index is -4.87. The van der Waals surface area contributed by atoms with Gasteiger partial charge in [-0.25, -0.2) is 4.39 Å². The van der Waals surface area contributed by atoms with Crippen LogP contribution in [0.25, 0.3) is 10.9 Å². The van der Waals surface area contributed by atoms with Crippen LogP contribution in [0.4, 0.5) is 36.4 Å². The fourth-order valence-corrected chi connectivity index (χ4v) is 3.92. The van der Waals surface area contributed by atoms with Crippen molar-refractivity contribution in [2.24, 2.45) is 5.92 Å². The molecule has 4 nitrogen and oxygen atoms in total. The van der Waals surface area contributed by atoms with Gasteiger partial charge in [-0.3, -0.25) is 4.79 Å². The summed E-state index contributed by atoms with van der Waals surface area (Å²) in [5.74, 6) is -2.28. The van der Waals surface area contributed by atoms with Crippen LogP contribution < -0.4 is 10.5 Å². The molecule has 1 saturated heterocycles. The van der Waals surface area contributed by atoms with Crippen LogP contribution in [0.3, 0.4) is 0 Å². The van der Waals surface area contributed by atoms with Crippen LogP contribution in [0, 0.1) is 5.92 Å². The average Bonchev–Trinajstić information content (AvgIpc) is 2.92. The van der Waals surface area contributed by atoms with E-state index < -0.39 is 66.1 Å². The number of anilines is 1. The summed E-state index contributed by atoms with van der Waals surface area (Å²) >= 11 is 0. The predicted molar refractivity (Wildman–Crippen MR) is 91.4 cm³/mol. The van der Waals surface area contributed by atoms with Gasteiger partial charge >= 0.3 is 12.4 Å². The Kier molecular flexibility index (Phi) is 5.31. The summed E-state index contributed by atoms with van der Waals surface area (Å²) < 4.78 is 94.4. The summed E-state index contributed by atoms with van der Waals surface area (Å²) in [5, 5.41) is 9.23. The quantitative estimate of drug-likeness (QED) is 0.729. The number of rotatable bonds is 3. The first-order chi connectivity index (χ1) is 13.3. The highest BCUT2D eigenvalue weighted by molar-refractivity contribution is 5.86. The van der Waals surface area contributed by atoms with E-state index in [1.807, 2.05) is 0 Å². The molecule has 0 bridgehead atoms. The van der Waals surface area contributed by atoms with Crippen LogP contribution in [-0.4, -0.2) is 41.1 Å². The summed E-state index contributed by atoms with van der Waals surface area (Å²) in [5.41, 5.74) is -2.43. The smallest absolute Gasteiger partial charge is 0.393 e. The molecular weight excluding hydrogens is 409 g/mol. The Morgan fingerprint density at radius 2 is 1.83 bits per heavy atom. The minimum absolute atomic E-state index is 0.0601. The number of aromatic nitrogens is 1. The Morgan fingerprint density at radius 1 is 1.17 bits per heavy atom. The summed E-state index contributed by atoms with van der Waals surface area (Å²) in [6, 6.07) is 2.21. The molecule has 3 rings (SSSR count). The summed E-state index contributed by atoms with van der Waals surface area (Å²) in [4.78, 5) is 14.8. The van der Waals surface area contributed by atoms with Crippen LogP contribution in [-0.2, 0) is 6.18 Å². The van der Waals surface area contributed by atoms with Gasteiger partial charge in [0.25, 0.3) is 0 Å². The number of nitrogens with zero attached hydrogens (tertiary/aromatic N) is 1. The number of alkyl halides is 7. The molecule has 1 aromatic heterocycles. The van der Waals surface area contributed by atoms with E-state index in [0.717, 1.165) is 24.0 Å². The molecule has 2 N–H and O–H groups in total. The van der Waals surface area contributed by atoms with Crippen molar-refractivity contribution in [3.05, 3.63) is 40.2 Å². The number of halogens is 7. The SMILES string of the molecule is CC(O)[C@@H]([C@H]1C[C@H](F)CN1c1ccc2[nH]c(=O)cc(C(F)(F)F)c2c1)C(F)(F)F. The van der Waals surface area contributed by atoms with Crippen LogP contribution >= 0.6 is 0 Å². The third kappa shape index (κ3) is 4.19. The molecule has 29 heavy (non-hydrogen) atoms. The van der Waals surface area contributed by atoms with E-state index in [-0.39, 0.29) is 11.2 Å². The third-order valence-corrected chi connectivity index (χ3v) is 5.07. The van der Waals surface area contributed by atoms with Crippen molar-refractivity contribution < 1.29 is 35.8 Å². The molecule has 0 aliphatic carbocycles. The lowest BCUT2D eigenvalue weighted by Gasteiger charge is -2.35. The fraction of sp³-hybridized carbons (Fsp3) is 0.500. The van der Waals surface area contributed by atoms with Gasteiger partial charge in [0.2, 0.25) is 5.56 Å². The Morgan fingerprint density at radius 3 is 2.38 bits per heavy atom. The molecular formula is C18H17F7N2O2. The monoisotopic (exact) mass is 426 g/mol. The van der Waals surface area contributed by atoms with Gasteiger partial charge in [-0.15, -0.1) is 0 Å². The molecule has 0 radical (unpaired) electrons. The maximum atomic E-state index is 14.0.